The first kappa shape index (κ1) is 10.9. The van der Waals surface area contributed by atoms with Gasteiger partial charge in [0.05, 0.1) is 0 Å². The molecule has 0 spiro atoms. The monoisotopic (exact) mass is 291 g/mol. The molecule has 15 heavy (non-hydrogen) atoms. The van der Waals surface area contributed by atoms with Crippen molar-refractivity contribution in [2.45, 2.75) is 17.9 Å². The lowest BCUT2D eigenvalue weighted by Gasteiger charge is -2.10. The predicted molar refractivity (Wildman–Crippen MR) is 59.4 cm³/mol. The van der Waals surface area contributed by atoms with E-state index in [2.05, 4.69) is 20.7 Å². The highest BCUT2D eigenvalue weighted by Crippen LogP contribution is 2.29. The molecule has 2 rings (SSSR count). The molecular weight excluding hydrogens is 282 g/mol. The average Bonchev–Trinajstić information content (AvgIpc) is 2.24. The Balaban J connectivity index is 2.61. The van der Waals surface area contributed by atoms with Crippen LogP contribution in [0.3, 0.4) is 0 Å². The second-order valence-electron chi connectivity index (χ2n) is 3.37. The maximum absolute atomic E-state index is 11.7. The summed E-state index contributed by atoms with van der Waals surface area (Å²) >= 11 is 3.28. The molecule has 0 amide bonds. The summed E-state index contributed by atoms with van der Waals surface area (Å²) in [5.74, 6) is 0.391. The number of ether oxygens (including phenoxy) is 1. The zero-order valence-corrected chi connectivity index (χ0v) is 10.4. The third kappa shape index (κ3) is 2.16. The molecule has 1 atom stereocenters. The van der Waals surface area contributed by atoms with Crippen molar-refractivity contribution in [3.63, 3.8) is 0 Å². The minimum Gasteiger partial charge on any atom is -0.488 e. The molecule has 6 heteroatoms. The topological polar surface area (TPSA) is 55.4 Å². The van der Waals surface area contributed by atoms with E-state index in [0.717, 1.165) is 4.47 Å². The molecule has 1 N–H and O–H groups in total. The van der Waals surface area contributed by atoms with Crippen LogP contribution in [-0.4, -0.2) is 21.1 Å². The van der Waals surface area contributed by atoms with E-state index >= 15 is 0 Å². The first-order valence-corrected chi connectivity index (χ1v) is 6.72. The van der Waals surface area contributed by atoms with E-state index in [0.29, 0.717) is 5.75 Å². The van der Waals surface area contributed by atoms with Crippen LogP contribution in [0.1, 0.15) is 6.92 Å². The van der Waals surface area contributed by atoms with Crippen molar-refractivity contribution in [3.05, 3.63) is 22.7 Å². The Bertz CT molecular complexity index is 486. The third-order valence-electron chi connectivity index (χ3n) is 2.08. The van der Waals surface area contributed by atoms with Crippen LogP contribution in [0.5, 0.6) is 5.75 Å². The fourth-order valence-corrected chi connectivity index (χ4v) is 2.93. The summed E-state index contributed by atoms with van der Waals surface area (Å²) in [5.41, 5.74) is 0. The summed E-state index contributed by atoms with van der Waals surface area (Å²) in [7, 11) is -3.42. The minimum absolute atomic E-state index is 0.171. The van der Waals surface area contributed by atoms with E-state index in [1.54, 1.807) is 12.1 Å². The summed E-state index contributed by atoms with van der Waals surface area (Å²) in [5, 5.41) is 0. The highest BCUT2D eigenvalue weighted by molar-refractivity contribution is 9.10. The van der Waals surface area contributed by atoms with Gasteiger partial charge in [-0.15, -0.1) is 0 Å². The van der Waals surface area contributed by atoms with Crippen LogP contribution in [0.25, 0.3) is 0 Å². The van der Waals surface area contributed by atoms with E-state index < -0.39 is 10.0 Å². The molecule has 1 unspecified atom stereocenters. The average molecular weight is 292 g/mol. The lowest BCUT2D eigenvalue weighted by Crippen LogP contribution is -2.29. The standard InChI is InChI=1S/C9H10BrNO3S/c1-6-5-11-15(12,13)9-3-2-7(10)4-8(9)14-6/h2-4,6,11H,5H2,1H3. The van der Waals surface area contributed by atoms with Crippen LogP contribution in [0, 0.1) is 0 Å². The molecule has 1 aliphatic rings. The maximum Gasteiger partial charge on any atom is 0.244 e. The van der Waals surface area contributed by atoms with Crippen LogP contribution in [-0.2, 0) is 10.0 Å². The number of benzene rings is 1. The number of fused-ring (bicyclic) bond motifs is 1. The molecule has 0 saturated heterocycles. The maximum atomic E-state index is 11.7. The van der Waals surface area contributed by atoms with Gasteiger partial charge in [0, 0.05) is 11.0 Å². The largest absolute Gasteiger partial charge is 0.488 e. The van der Waals surface area contributed by atoms with E-state index in [-0.39, 0.29) is 17.5 Å². The molecule has 1 aromatic rings. The van der Waals surface area contributed by atoms with E-state index in [9.17, 15) is 8.42 Å². The first-order valence-electron chi connectivity index (χ1n) is 4.45. The van der Waals surface area contributed by atoms with Crippen molar-refractivity contribution in [3.8, 4) is 5.75 Å². The lowest BCUT2D eigenvalue weighted by atomic mass is 10.3. The predicted octanol–water partition coefficient (Wildman–Crippen LogP) is 1.51. The second-order valence-corrected chi connectivity index (χ2v) is 6.02. The quantitative estimate of drug-likeness (QED) is 0.788. The van der Waals surface area contributed by atoms with Crippen molar-refractivity contribution in [2.24, 2.45) is 0 Å². The molecule has 0 bridgehead atoms. The van der Waals surface area contributed by atoms with Gasteiger partial charge in [-0.25, -0.2) is 13.1 Å². The van der Waals surface area contributed by atoms with Crippen LogP contribution in [0.2, 0.25) is 0 Å². The van der Waals surface area contributed by atoms with Gasteiger partial charge in [-0.1, -0.05) is 15.9 Å². The Morgan fingerprint density at radius 2 is 2.27 bits per heavy atom. The highest BCUT2D eigenvalue weighted by atomic mass is 79.9. The Morgan fingerprint density at radius 3 is 3.00 bits per heavy atom. The number of hydrogen-bond acceptors (Lipinski definition) is 3. The number of hydrogen-bond donors (Lipinski definition) is 1. The SMILES string of the molecule is CC1CNS(=O)(=O)c2ccc(Br)cc2O1. The third-order valence-corrected chi connectivity index (χ3v) is 4.04. The normalized spacial score (nSPS) is 23.7. The molecule has 0 saturated carbocycles. The van der Waals surface area contributed by atoms with Gasteiger partial charge in [0.2, 0.25) is 10.0 Å². The molecule has 1 aromatic carbocycles. The van der Waals surface area contributed by atoms with Gasteiger partial charge in [-0.3, -0.25) is 0 Å². The Kier molecular flexibility index (Phi) is 2.74. The fraction of sp³-hybridized carbons (Fsp3) is 0.333. The zero-order valence-electron chi connectivity index (χ0n) is 8.03. The molecule has 82 valence electrons. The molecule has 0 aromatic heterocycles. The van der Waals surface area contributed by atoms with Gasteiger partial charge in [0.1, 0.15) is 16.7 Å². The molecule has 4 nitrogen and oxygen atoms in total. The van der Waals surface area contributed by atoms with E-state index in [1.165, 1.54) is 6.07 Å². The van der Waals surface area contributed by atoms with Crippen molar-refractivity contribution >= 4 is 26.0 Å². The number of nitrogens with one attached hydrogen (secondary N) is 1. The van der Waals surface area contributed by atoms with Gasteiger partial charge in [0.15, 0.2) is 0 Å². The minimum atomic E-state index is -3.42. The lowest BCUT2D eigenvalue weighted by molar-refractivity contribution is 0.224. The smallest absolute Gasteiger partial charge is 0.244 e. The van der Waals surface area contributed by atoms with E-state index in [1.807, 2.05) is 6.92 Å². The Morgan fingerprint density at radius 1 is 1.53 bits per heavy atom. The molecular formula is C9H10BrNO3S. The van der Waals surface area contributed by atoms with Crippen molar-refractivity contribution < 1.29 is 13.2 Å². The summed E-state index contributed by atoms with van der Waals surface area (Å²) in [6.45, 7) is 2.10. The first-order chi connectivity index (χ1) is 6.99. The Labute approximate surface area is 96.8 Å². The van der Waals surface area contributed by atoms with Gasteiger partial charge >= 0.3 is 0 Å². The Hall–Kier alpha value is -0.590. The van der Waals surface area contributed by atoms with Gasteiger partial charge in [0.25, 0.3) is 0 Å². The van der Waals surface area contributed by atoms with Crippen LogP contribution >= 0.6 is 15.9 Å². The summed E-state index contributed by atoms with van der Waals surface area (Å²) in [4.78, 5) is 0.190. The summed E-state index contributed by atoms with van der Waals surface area (Å²) in [6.07, 6.45) is -0.171. The van der Waals surface area contributed by atoms with Crippen LogP contribution in [0.15, 0.2) is 27.6 Å². The molecule has 1 aliphatic heterocycles. The number of rotatable bonds is 0. The van der Waals surface area contributed by atoms with Crippen molar-refractivity contribution in [2.75, 3.05) is 6.54 Å². The van der Waals surface area contributed by atoms with Crippen LogP contribution < -0.4 is 9.46 Å². The zero-order chi connectivity index (χ0) is 11.1. The molecule has 1 heterocycles. The molecule has 0 radical (unpaired) electrons. The fourth-order valence-electron chi connectivity index (χ4n) is 1.36. The number of halogens is 1. The van der Waals surface area contributed by atoms with Gasteiger partial charge in [-0.2, -0.15) is 0 Å². The number of sulfonamides is 1. The van der Waals surface area contributed by atoms with Crippen molar-refractivity contribution in [1.29, 1.82) is 0 Å². The van der Waals surface area contributed by atoms with E-state index in [4.69, 9.17) is 4.74 Å². The van der Waals surface area contributed by atoms with Gasteiger partial charge in [-0.05, 0) is 25.1 Å². The van der Waals surface area contributed by atoms with Gasteiger partial charge < -0.3 is 4.74 Å². The summed E-state index contributed by atoms with van der Waals surface area (Å²) in [6, 6.07) is 4.87. The second kappa shape index (κ2) is 3.77. The molecule has 0 aliphatic carbocycles. The van der Waals surface area contributed by atoms with Crippen LogP contribution in [0.4, 0.5) is 0 Å². The van der Waals surface area contributed by atoms with Crippen molar-refractivity contribution in [1.82, 2.24) is 4.72 Å². The molecule has 0 fully saturated rings. The summed E-state index contributed by atoms with van der Waals surface area (Å²) < 4.78 is 32.3. The highest BCUT2D eigenvalue weighted by Gasteiger charge is 2.25.